The molecule has 1 rings (SSSR count). The van der Waals surface area contributed by atoms with Gasteiger partial charge in [-0.2, -0.15) is 0 Å². The summed E-state index contributed by atoms with van der Waals surface area (Å²) in [5.41, 5.74) is 0. The molecule has 0 aromatic carbocycles. The maximum atomic E-state index is 11.6. The minimum absolute atomic E-state index is 0.155. The summed E-state index contributed by atoms with van der Waals surface area (Å²) in [6.45, 7) is 7.29. The summed E-state index contributed by atoms with van der Waals surface area (Å²) in [6.07, 6.45) is 1.09. The maximum absolute atomic E-state index is 11.6. The van der Waals surface area contributed by atoms with Crippen LogP contribution in [0.5, 0.6) is 0 Å². The molecule has 0 aromatic rings. The van der Waals surface area contributed by atoms with Crippen molar-refractivity contribution in [1.82, 2.24) is 10.2 Å². The third-order valence-corrected chi connectivity index (χ3v) is 3.42. The van der Waals surface area contributed by atoms with Crippen LogP contribution in [0.1, 0.15) is 27.2 Å². The predicted molar refractivity (Wildman–Crippen MR) is 64.3 cm³/mol. The minimum atomic E-state index is -0.186. The first-order chi connectivity index (χ1) is 7.45. The molecule has 0 saturated carbocycles. The average molecular weight is 228 g/mol. The van der Waals surface area contributed by atoms with E-state index in [4.69, 9.17) is 4.74 Å². The van der Waals surface area contributed by atoms with Gasteiger partial charge in [0.1, 0.15) is 6.04 Å². The summed E-state index contributed by atoms with van der Waals surface area (Å²) in [7, 11) is 3.57. The van der Waals surface area contributed by atoms with E-state index < -0.39 is 0 Å². The van der Waals surface area contributed by atoms with Crippen molar-refractivity contribution in [3.63, 3.8) is 0 Å². The lowest BCUT2D eigenvalue weighted by molar-refractivity contribution is -0.144. The third kappa shape index (κ3) is 3.19. The van der Waals surface area contributed by atoms with Crippen LogP contribution < -0.4 is 5.32 Å². The highest BCUT2D eigenvalue weighted by molar-refractivity contribution is 5.76. The summed E-state index contributed by atoms with van der Waals surface area (Å²) < 4.78 is 4.82. The van der Waals surface area contributed by atoms with Crippen LogP contribution in [0.2, 0.25) is 0 Å². The molecule has 1 heterocycles. The van der Waals surface area contributed by atoms with Crippen molar-refractivity contribution in [3.8, 4) is 0 Å². The number of methoxy groups -OCH3 is 1. The zero-order valence-corrected chi connectivity index (χ0v) is 11.0. The van der Waals surface area contributed by atoms with Crippen LogP contribution in [-0.2, 0) is 9.53 Å². The molecule has 1 N–H and O–H groups in total. The van der Waals surface area contributed by atoms with Gasteiger partial charge in [0.15, 0.2) is 0 Å². The molecular formula is C12H24N2O2. The molecule has 16 heavy (non-hydrogen) atoms. The van der Waals surface area contributed by atoms with Gasteiger partial charge in [-0.3, -0.25) is 4.79 Å². The molecule has 3 atom stereocenters. The number of hydrogen-bond acceptors (Lipinski definition) is 4. The number of likely N-dealkylation sites (tertiary alicyclic amines) is 1. The van der Waals surface area contributed by atoms with Crippen molar-refractivity contribution >= 4 is 5.97 Å². The van der Waals surface area contributed by atoms with Crippen LogP contribution in [0.25, 0.3) is 0 Å². The molecule has 2 unspecified atom stereocenters. The summed E-state index contributed by atoms with van der Waals surface area (Å²) in [5.74, 6) is 0.103. The molecular weight excluding hydrogens is 204 g/mol. The third-order valence-electron chi connectivity index (χ3n) is 3.42. The van der Waals surface area contributed by atoms with Gasteiger partial charge in [0.05, 0.1) is 7.11 Å². The lowest BCUT2D eigenvalue weighted by Crippen LogP contribution is -2.47. The molecule has 1 aliphatic heterocycles. The fourth-order valence-corrected chi connectivity index (χ4v) is 2.23. The zero-order valence-electron chi connectivity index (χ0n) is 11.0. The van der Waals surface area contributed by atoms with Gasteiger partial charge in [-0.1, -0.05) is 13.8 Å². The topological polar surface area (TPSA) is 41.6 Å². The van der Waals surface area contributed by atoms with Gasteiger partial charge in [0, 0.05) is 18.6 Å². The van der Waals surface area contributed by atoms with Crippen LogP contribution in [0, 0.1) is 5.92 Å². The van der Waals surface area contributed by atoms with Crippen LogP contribution in [-0.4, -0.2) is 49.7 Å². The van der Waals surface area contributed by atoms with Crippen molar-refractivity contribution < 1.29 is 9.53 Å². The molecule has 0 aliphatic carbocycles. The van der Waals surface area contributed by atoms with Crippen LogP contribution in [0.4, 0.5) is 0 Å². The van der Waals surface area contributed by atoms with E-state index in [0.717, 1.165) is 13.0 Å². The summed E-state index contributed by atoms with van der Waals surface area (Å²) in [5, 5.41) is 3.41. The Balaban J connectivity index is 2.53. The fraction of sp³-hybridized carbons (Fsp3) is 0.917. The molecule has 0 bridgehead atoms. The van der Waals surface area contributed by atoms with Crippen molar-refractivity contribution in [2.24, 2.45) is 5.92 Å². The first-order valence-electron chi connectivity index (χ1n) is 5.99. The van der Waals surface area contributed by atoms with Crippen molar-refractivity contribution in [2.45, 2.75) is 45.3 Å². The van der Waals surface area contributed by atoms with Crippen molar-refractivity contribution in [1.29, 1.82) is 0 Å². The van der Waals surface area contributed by atoms with Gasteiger partial charge in [-0.25, -0.2) is 0 Å². The fourth-order valence-electron chi connectivity index (χ4n) is 2.23. The largest absolute Gasteiger partial charge is 0.468 e. The average Bonchev–Trinajstić information content (AvgIpc) is 2.53. The summed E-state index contributed by atoms with van der Waals surface area (Å²) >= 11 is 0. The van der Waals surface area contributed by atoms with Gasteiger partial charge in [0.25, 0.3) is 0 Å². The molecule has 4 heteroatoms. The van der Waals surface area contributed by atoms with Gasteiger partial charge in [-0.05, 0) is 26.3 Å². The second-order valence-electron chi connectivity index (χ2n) is 5.13. The summed E-state index contributed by atoms with van der Waals surface area (Å²) in [6, 6.07) is 0.795. The van der Waals surface area contributed by atoms with Gasteiger partial charge >= 0.3 is 5.97 Å². The monoisotopic (exact) mass is 228 g/mol. The SMILES string of the molecule is COC(=O)[C@@H](NC1CC(C)N(C)C1)C(C)C. The van der Waals surface area contributed by atoms with Crippen LogP contribution in [0.3, 0.4) is 0 Å². The van der Waals surface area contributed by atoms with E-state index >= 15 is 0 Å². The molecule has 0 amide bonds. The highest BCUT2D eigenvalue weighted by Gasteiger charge is 2.31. The van der Waals surface area contributed by atoms with Crippen LogP contribution >= 0.6 is 0 Å². The Labute approximate surface area is 98.3 Å². The highest BCUT2D eigenvalue weighted by Crippen LogP contribution is 2.17. The first-order valence-corrected chi connectivity index (χ1v) is 5.99. The standard InChI is InChI=1S/C12H24N2O2/c1-8(2)11(12(15)16-5)13-10-6-9(3)14(4)7-10/h8-11,13H,6-7H2,1-5H3/t9?,10?,11-/m0/s1. The van der Waals surface area contributed by atoms with E-state index in [1.54, 1.807) is 0 Å². The highest BCUT2D eigenvalue weighted by atomic mass is 16.5. The summed E-state index contributed by atoms with van der Waals surface area (Å²) in [4.78, 5) is 13.9. The first kappa shape index (κ1) is 13.5. The number of nitrogens with one attached hydrogen (secondary N) is 1. The van der Waals surface area contributed by atoms with Crippen LogP contribution in [0.15, 0.2) is 0 Å². The quantitative estimate of drug-likeness (QED) is 0.725. The Morgan fingerprint density at radius 1 is 1.50 bits per heavy atom. The van der Waals surface area contributed by atoms with E-state index in [9.17, 15) is 4.79 Å². The number of likely N-dealkylation sites (N-methyl/N-ethyl adjacent to an activating group) is 1. The van der Waals surface area contributed by atoms with E-state index in [2.05, 4.69) is 24.2 Å². The molecule has 0 radical (unpaired) electrons. The van der Waals surface area contributed by atoms with E-state index in [-0.39, 0.29) is 17.9 Å². The Bertz CT molecular complexity index is 233. The second kappa shape index (κ2) is 5.64. The number of esters is 1. The van der Waals surface area contributed by atoms with Crippen molar-refractivity contribution in [3.05, 3.63) is 0 Å². The molecule has 1 aliphatic rings. The number of hydrogen-bond donors (Lipinski definition) is 1. The van der Waals surface area contributed by atoms with E-state index in [1.807, 2.05) is 13.8 Å². The zero-order chi connectivity index (χ0) is 12.3. The van der Waals surface area contributed by atoms with Gasteiger partial charge < -0.3 is 15.0 Å². The number of carbonyl (C=O) groups excluding carboxylic acids is 1. The lowest BCUT2D eigenvalue weighted by Gasteiger charge is -2.23. The normalized spacial score (nSPS) is 28.4. The number of ether oxygens (including phenoxy) is 1. The number of rotatable bonds is 4. The minimum Gasteiger partial charge on any atom is -0.468 e. The Morgan fingerprint density at radius 2 is 2.12 bits per heavy atom. The lowest BCUT2D eigenvalue weighted by atomic mass is 10.0. The van der Waals surface area contributed by atoms with Crippen molar-refractivity contribution in [2.75, 3.05) is 20.7 Å². The van der Waals surface area contributed by atoms with Gasteiger partial charge in [0.2, 0.25) is 0 Å². The molecule has 0 aromatic heterocycles. The maximum Gasteiger partial charge on any atom is 0.323 e. The predicted octanol–water partition coefficient (Wildman–Crippen LogP) is 0.866. The second-order valence-corrected chi connectivity index (χ2v) is 5.13. The van der Waals surface area contributed by atoms with E-state index in [0.29, 0.717) is 12.1 Å². The molecule has 1 saturated heterocycles. The number of nitrogens with zero attached hydrogens (tertiary/aromatic N) is 1. The smallest absolute Gasteiger partial charge is 0.323 e. The molecule has 1 fully saturated rings. The molecule has 4 nitrogen and oxygen atoms in total. The number of carbonyl (C=O) groups is 1. The van der Waals surface area contributed by atoms with Gasteiger partial charge in [-0.15, -0.1) is 0 Å². The Hall–Kier alpha value is -0.610. The Morgan fingerprint density at radius 3 is 2.50 bits per heavy atom. The van der Waals surface area contributed by atoms with E-state index in [1.165, 1.54) is 7.11 Å². The molecule has 94 valence electrons. The molecule has 0 spiro atoms. The Kier molecular flexibility index (Phi) is 4.74.